The maximum Gasteiger partial charge on any atom is 0.320 e. The van der Waals surface area contributed by atoms with E-state index in [9.17, 15) is 19.2 Å². The number of rotatable bonds is 9. The minimum Gasteiger partial charge on any atom is -0.364 e. The smallest absolute Gasteiger partial charge is 0.320 e. The van der Waals surface area contributed by atoms with Gasteiger partial charge in [0.15, 0.2) is 17.1 Å². The Morgan fingerprint density at radius 1 is 0.949 bits per heavy atom. The molecule has 0 radical (unpaired) electrons. The number of urea groups is 1. The van der Waals surface area contributed by atoms with Gasteiger partial charge in [-0.2, -0.15) is 0 Å². The number of nitrogens with one attached hydrogen (secondary N) is 2. The van der Waals surface area contributed by atoms with Crippen LogP contribution in [0.4, 0.5) is 22.1 Å². The molecule has 7 heterocycles. The van der Waals surface area contributed by atoms with Gasteiger partial charge in [0, 0.05) is 74.9 Å². The number of carbonyl (C=O) groups is 4. The molecule has 0 spiro atoms. The van der Waals surface area contributed by atoms with Crippen molar-refractivity contribution >= 4 is 52.0 Å². The number of aromatic nitrogens is 3. The van der Waals surface area contributed by atoms with Crippen LogP contribution in [0.25, 0.3) is 11.0 Å². The number of hydrogen-bond donors (Lipinski definition) is 3. The van der Waals surface area contributed by atoms with Crippen LogP contribution in [0.15, 0.2) is 47.1 Å². The second kappa shape index (κ2) is 15.2. The molecule has 59 heavy (non-hydrogen) atoms. The predicted molar refractivity (Wildman–Crippen MR) is 220 cm³/mol. The van der Waals surface area contributed by atoms with Gasteiger partial charge in [-0.15, -0.1) is 0 Å². The van der Waals surface area contributed by atoms with Gasteiger partial charge in [-0.1, -0.05) is 29.8 Å². The topological polar surface area (TPSA) is 183 Å². The molecule has 5 saturated heterocycles. The summed E-state index contributed by atoms with van der Waals surface area (Å²) >= 11 is 0. The van der Waals surface area contributed by atoms with Crippen LogP contribution >= 0.6 is 0 Å². The van der Waals surface area contributed by atoms with Gasteiger partial charge in [0.2, 0.25) is 11.8 Å². The predicted octanol–water partition coefficient (Wildman–Crippen LogP) is 4.83. The lowest BCUT2D eigenvalue weighted by Crippen LogP contribution is -2.53. The molecule has 4 aromatic rings. The van der Waals surface area contributed by atoms with E-state index in [0.717, 1.165) is 81.4 Å². The van der Waals surface area contributed by atoms with Crippen LogP contribution in [-0.4, -0.2) is 111 Å². The number of piperidine rings is 4. The molecule has 6 aliphatic rings. The van der Waals surface area contributed by atoms with Gasteiger partial charge < -0.3 is 30.3 Å². The highest BCUT2D eigenvalue weighted by Gasteiger charge is 2.41. The highest BCUT2D eigenvalue weighted by molar-refractivity contribution is 6.02. The quantitative estimate of drug-likeness (QED) is 0.197. The average Bonchev–Trinajstić information content (AvgIpc) is 3.94. The van der Waals surface area contributed by atoms with Gasteiger partial charge in [-0.05, 0) is 98.9 Å². The normalized spacial score (nSPS) is 27.3. The number of nitrogens with two attached hydrogens (primary N) is 1. The van der Waals surface area contributed by atoms with Crippen molar-refractivity contribution in [2.75, 3.05) is 50.0 Å². The number of nitrogens with zero attached hydrogens (tertiary/aromatic N) is 7. The van der Waals surface area contributed by atoms with E-state index in [1.54, 1.807) is 11.1 Å². The maximum absolute atomic E-state index is 12.7. The van der Waals surface area contributed by atoms with Crippen molar-refractivity contribution in [2.24, 2.45) is 11.7 Å². The van der Waals surface area contributed by atoms with Crippen molar-refractivity contribution in [3.63, 3.8) is 0 Å². The van der Waals surface area contributed by atoms with Gasteiger partial charge in [-0.3, -0.25) is 24.6 Å². The lowest BCUT2D eigenvalue weighted by molar-refractivity contribution is -0.134. The zero-order chi connectivity index (χ0) is 40.4. The lowest BCUT2D eigenvalue weighted by Gasteiger charge is -2.50. The first-order chi connectivity index (χ1) is 28.7. The second-order valence-electron chi connectivity index (χ2n) is 17.7. The molecule has 4 unspecified atom stereocenters. The van der Waals surface area contributed by atoms with E-state index in [0.29, 0.717) is 60.6 Å². The fourth-order valence-corrected chi connectivity index (χ4v) is 11.1. The molecule has 2 aromatic carbocycles. The Morgan fingerprint density at radius 2 is 1.75 bits per heavy atom. The van der Waals surface area contributed by atoms with Crippen LogP contribution in [0.5, 0.6) is 0 Å². The van der Waals surface area contributed by atoms with E-state index in [4.69, 9.17) is 15.2 Å². The first-order valence-electron chi connectivity index (χ1n) is 21.5. The molecule has 4 N–H and O–H groups in total. The largest absolute Gasteiger partial charge is 0.364 e. The highest BCUT2D eigenvalue weighted by atomic mass is 16.5. The number of hydrogen-bond acceptors (Lipinski definition) is 11. The molecule has 2 bridgehead atoms. The third-order valence-corrected chi connectivity index (χ3v) is 14.1. The van der Waals surface area contributed by atoms with E-state index < -0.39 is 11.8 Å². The Balaban J connectivity index is 0.790. The van der Waals surface area contributed by atoms with Crippen molar-refractivity contribution in [3.05, 3.63) is 70.7 Å². The van der Waals surface area contributed by atoms with Gasteiger partial charge in [0.25, 0.3) is 5.91 Å². The number of fused-ring (bicyclic) bond motifs is 5. The minimum atomic E-state index is -0.643. The molecule has 15 heteroatoms. The number of likely N-dealkylation sites (N-methyl/N-ethyl adjacent to an activating group) is 1. The third-order valence-electron chi connectivity index (χ3n) is 14.1. The number of imide groups is 1. The second-order valence-corrected chi connectivity index (χ2v) is 17.7. The SMILES string of the molecule is CN1CCN([C@@H]2CCCN(c3cnc(C(N)=O)c(Nc4ccc(C5CC6CCCC(C5)N6CC5Cc6ccc7c(C8CCC(=O)NC8=O)noc7c6C5)cc4)n3)C2)C1=O. The fraction of sp³-hybridized carbons (Fsp3) is 0.523. The maximum atomic E-state index is 12.7. The fourth-order valence-electron chi connectivity index (χ4n) is 11.1. The van der Waals surface area contributed by atoms with Crippen molar-refractivity contribution in [2.45, 2.75) is 101 Å². The van der Waals surface area contributed by atoms with Crippen molar-refractivity contribution in [1.29, 1.82) is 0 Å². The van der Waals surface area contributed by atoms with E-state index in [1.165, 1.54) is 36.0 Å². The Hall–Kier alpha value is -5.57. The summed E-state index contributed by atoms with van der Waals surface area (Å²) in [7, 11) is 1.84. The first kappa shape index (κ1) is 37.7. The third kappa shape index (κ3) is 7.06. The van der Waals surface area contributed by atoms with Crippen LogP contribution < -0.4 is 21.3 Å². The Bertz CT molecular complexity index is 2300. The number of primary amides is 1. The molecule has 5 aliphatic heterocycles. The van der Waals surface area contributed by atoms with Crippen molar-refractivity contribution < 1.29 is 23.7 Å². The number of amides is 5. The van der Waals surface area contributed by atoms with Crippen LogP contribution in [-0.2, 0) is 22.4 Å². The van der Waals surface area contributed by atoms with E-state index in [-0.39, 0.29) is 29.6 Å². The summed E-state index contributed by atoms with van der Waals surface area (Å²) in [5, 5.41) is 11.1. The van der Waals surface area contributed by atoms with Gasteiger partial charge >= 0.3 is 6.03 Å². The summed E-state index contributed by atoms with van der Waals surface area (Å²) in [5.74, 6) is 0.318. The minimum absolute atomic E-state index is 0.0715. The van der Waals surface area contributed by atoms with Gasteiger partial charge in [0.1, 0.15) is 11.5 Å². The van der Waals surface area contributed by atoms with Gasteiger partial charge in [-0.25, -0.2) is 14.8 Å². The summed E-state index contributed by atoms with van der Waals surface area (Å²) in [4.78, 5) is 67.5. The Morgan fingerprint density at radius 3 is 2.49 bits per heavy atom. The highest BCUT2D eigenvalue weighted by Crippen LogP contribution is 2.44. The molecule has 2 aromatic heterocycles. The monoisotopic (exact) mass is 800 g/mol. The Kier molecular flexibility index (Phi) is 9.73. The standard InChI is InChI=1S/C44H52N10O5/c1-51-16-17-53(44(51)58)32-6-3-15-52(24-32)36-22-46-39(41(45)56)42(48-36)47-29-10-7-26(8-11-29)28-20-30-4-2-5-31(21-28)54(30)23-25-18-27-9-12-33-38(50-59-40(33)35(27)19-25)34-13-14-37(55)49-43(34)57/h7-12,22,25,28,30-32,34H,2-6,13-21,23-24H2,1H3,(H2,45,56)(H,47,48)(H,49,55,57)/t25?,28?,30?,31?,32-,34?/m1/s1. The van der Waals surface area contributed by atoms with Crippen LogP contribution in [0.1, 0.15) is 102 Å². The zero-order valence-corrected chi connectivity index (χ0v) is 33.6. The zero-order valence-electron chi connectivity index (χ0n) is 33.6. The number of anilines is 3. The number of benzene rings is 2. The summed E-state index contributed by atoms with van der Waals surface area (Å²) < 4.78 is 5.94. The molecule has 5 fully saturated rings. The molecule has 10 rings (SSSR count). The molecule has 0 saturated carbocycles. The van der Waals surface area contributed by atoms with E-state index >= 15 is 0 Å². The molecule has 1 aliphatic carbocycles. The van der Waals surface area contributed by atoms with E-state index in [1.807, 2.05) is 11.9 Å². The van der Waals surface area contributed by atoms with Crippen molar-refractivity contribution in [1.82, 2.24) is 35.1 Å². The molecule has 308 valence electrons. The lowest BCUT2D eigenvalue weighted by atomic mass is 9.75. The molecule has 5 amide bonds. The Labute approximate surface area is 343 Å². The number of carbonyl (C=O) groups excluding carboxylic acids is 4. The average molecular weight is 801 g/mol. The summed E-state index contributed by atoms with van der Waals surface area (Å²) in [6, 6.07) is 14.0. The summed E-state index contributed by atoms with van der Waals surface area (Å²) in [6.45, 7) is 3.98. The molecule has 5 atom stereocenters. The molecule has 15 nitrogen and oxygen atoms in total. The van der Waals surface area contributed by atoms with E-state index in [2.05, 4.69) is 67.0 Å². The van der Waals surface area contributed by atoms with Gasteiger partial charge in [0.05, 0.1) is 18.2 Å². The first-order valence-corrected chi connectivity index (χ1v) is 21.5. The molecular weight excluding hydrogens is 749 g/mol. The van der Waals surface area contributed by atoms with Crippen LogP contribution in [0.2, 0.25) is 0 Å². The molecular formula is C44H52N10O5. The summed E-state index contributed by atoms with van der Waals surface area (Å²) in [6.07, 6.45) is 12.1. The summed E-state index contributed by atoms with van der Waals surface area (Å²) in [5.41, 5.74) is 12.0. The van der Waals surface area contributed by atoms with Crippen molar-refractivity contribution in [3.8, 4) is 0 Å². The van der Waals surface area contributed by atoms with Crippen LogP contribution in [0, 0.1) is 5.92 Å². The van der Waals surface area contributed by atoms with Crippen LogP contribution in [0.3, 0.4) is 0 Å².